The normalized spacial score (nSPS) is 10.3. The molecule has 0 saturated heterocycles. The van der Waals surface area contributed by atoms with Gasteiger partial charge in [-0.2, -0.15) is 0 Å². The summed E-state index contributed by atoms with van der Waals surface area (Å²) in [4.78, 5) is 11.6. The Morgan fingerprint density at radius 1 is 1.30 bits per heavy atom. The van der Waals surface area contributed by atoms with Crippen LogP contribution in [-0.4, -0.2) is 32.8 Å². The van der Waals surface area contributed by atoms with Crippen molar-refractivity contribution in [1.82, 2.24) is 0 Å². The van der Waals surface area contributed by atoms with Crippen LogP contribution in [0, 0.1) is 0 Å². The monoisotopic (exact) mass is 280 g/mol. The summed E-state index contributed by atoms with van der Waals surface area (Å²) >= 11 is 0. The van der Waals surface area contributed by atoms with Crippen LogP contribution < -0.4 is 11.1 Å². The van der Waals surface area contributed by atoms with E-state index >= 15 is 0 Å². The number of benzene rings is 1. The number of nitrogens with one attached hydrogen (secondary N) is 1. The Kier molecular flexibility index (Phi) is 7.50. The van der Waals surface area contributed by atoms with E-state index in [0.29, 0.717) is 17.9 Å². The molecule has 1 aromatic carbocycles. The SMILES string of the molecule is CCOC(=O)c1ccc(NCCCCCOC)c(N)c1. The second-order valence-electron chi connectivity index (χ2n) is 4.50. The minimum Gasteiger partial charge on any atom is -0.462 e. The first-order chi connectivity index (χ1) is 9.69. The van der Waals surface area contributed by atoms with Gasteiger partial charge in [0, 0.05) is 20.3 Å². The molecular formula is C15H24N2O3. The molecule has 5 heteroatoms. The molecule has 0 spiro atoms. The minimum absolute atomic E-state index is 0.342. The fourth-order valence-corrected chi connectivity index (χ4v) is 1.84. The van der Waals surface area contributed by atoms with E-state index in [4.69, 9.17) is 15.2 Å². The van der Waals surface area contributed by atoms with Crippen LogP contribution in [0.4, 0.5) is 11.4 Å². The summed E-state index contributed by atoms with van der Waals surface area (Å²) in [5, 5.41) is 3.27. The molecule has 0 aliphatic heterocycles. The lowest BCUT2D eigenvalue weighted by molar-refractivity contribution is 0.0526. The Labute approximate surface area is 120 Å². The Hall–Kier alpha value is -1.75. The van der Waals surface area contributed by atoms with Gasteiger partial charge in [-0.1, -0.05) is 0 Å². The van der Waals surface area contributed by atoms with Gasteiger partial charge in [0.1, 0.15) is 0 Å². The largest absolute Gasteiger partial charge is 0.462 e. The molecule has 0 atom stereocenters. The van der Waals surface area contributed by atoms with Gasteiger partial charge in [0.25, 0.3) is 0 Å². The number of carbonyl (C=O) groups excluding carboxylic acids is 1. The van der Waals surface area contributed by atoms with Crippen molar-refractivity contribution in [2.45, 2.75) is 26.2 Å². The molecule has 3 N–H and O–H groups in total. The topological polar surface area (TPSA) is 73.6 Å². The molecule has 0 fully saturated rings. The minimum atomic E-state index is -0.342. The van der Waals surface area contributed by atoms with Crippen LogP contribution in [0.3, 0.4) is 0 Å². The number of ether oxygens (including phenoxy) is 2. The van der Waals surface area contributed by atoms with E-state index in [-0.39, 0.29) is 5.97 Å². The summed E-state index contributed by atoms with van der Waals surface area (Å²) < 4.78 is 9.93. The summed E-state index contributed by atoms with van der Waals surface area (Å²) in [6.45, 7) is 3.80. The summed E-state index contributed by atoms with van der Waals surface area (Å²) in [5.41, 5.74) is 7.82. The molecule has 1 aromatic rings. The smallest absolute Gasteiger partial charge is 0.338 e. The molecule has 0 heterocycles. The highest BCUT2D eigenvalue weighted by molar-refractivity contribution is 5.91. The van der Waals surface area contributed by atoms with Crippen LogP contribution in [0.2, 0.25) is 0 Å². The Morgan fingerprint density at radius 3 is 2.75 bits per heavy atom. The predicted molar refractivity (Wildman–Crippen MR) is 81.0 cm³/mol. The molecule has 0 aliphatic carbocycles. The van der Waals surface area contributed by atoms with Crippen molar-refractivity contribution in [3.63, 3.8) is 0 Å². The molecule has 0 bridgehead atoms. The molecule has 1 rings (SSSR count). The number of hydrogen-bond acceptors (Lipinski definition) is 5. The van der Waals surface area contributed by atoms with Gasteiger partial charge in [-0.25, -0.2) is 4.79 Å². The van der Waals surface area contributed by atoms with E-state index in [2.05, 4.69) is 5.32 Å². The van der Waals surface area contributed by atoms with Gasteiger partial charge in [0.15, 0.2) is 0 Å². The number of nitrogens with two attached hydrogens (primary N) is 1. The van der Waals surface area contributed by atoms with E-state index in [0.717, 1.165) is 38.1 Å². The van der Waals surface area contributed by atoms with Gasteiger partial charge in [-0.05, 0) is 44.4 Å². The van der Waals surface area contributed by atoms with E-state index in [1.54, 1.807) is 26.2 Å². The standard InChI is InChI=1S/C15H24N2O3/c1-3-20-15(18)12-7-8-14(13(16)11-12)17-9-5-4-6-10-19-2/h7-8,11,17H,3-6,9-10,16H2,1-2H3. The van der Waals surface area contributed by atoms with Crippen molar-refractivity contribution in [1.29, 1.82) is 0 Å². The second-order valence-corrected chi connectivity index (χ2v) is 4.50. The highest BCUT2D eigenvalue weighted by Crippen LogP contribution is 2.20. The zero-order valence-corrected chi connectivity index (χ0v) is 12.3. The van der Waals surface area contributed by atoms with Gasteiger partial charge >= 0.3 is 5.97 Å². The number of hydrogen-bond donors (Lipinski definition) is 2. The first-order valence-corrected chi connectivity index (χ1v) is 6.98. The quantitative estimate of drug-likeness (QED) is 0.413. The fraction of sp³-hybridized carbons (Fsp3) is 0.533. The maximum atomic E-state index is 11.6. The van der Waals surface area contributed by atoms with Gasteiger partial charge in [0.05, 0.1) is 23.5 Å². The van der Waals surface area contributed by atoms with Gasteiger partial charge in [0.2, 0.25) is 0 Å². The molecule has 0 radical (unpaired) electrons. The third-order valence-corrected chi connectivity index (χ3v) is 2.90. The van der Waals surface area contributed by atoms with Crippen LogP contribution in [0.25, 0.3) is 0 Å². The average Bonchev–Trinajstić information content (AvgIpc) is 2.44. The zero-order chi connectivity index (χ0) is 14.8. The van der Waals surface area contributed by atoms with Crippen molar-refractivity contribution < 1.29 is 14.3 Å². The van der Waals surface area contributed by atoms with Crippen molar-refractivity contribution in [3.8, 4) is 0 Å². The molecule has 5 nitrogen and oxygen atoms in total. The summed E-state index contributed by atoms with van der Waals surface area (Å²) in [5.74, 6) is -0.342. The predicted octanol–water partition coefficient (Wildman–Crippen LogP) is 2.67. The van der Waals surface area contributed by atoms with Crippen LogP contribution >= 0.6 is 0 Å². The fourth-order valence-electron chi connectivity index (χ4n) is 1.84. The Morgan fingerprint density at radius 2 is 2.10 bits per heavy atom. The molecule has 0 unspecified atom stereocenters. The Balaban J connectivity index is 2.42. The lowest BCUT2D eigenvalue weighted by Gasteiger charge is -2.10. The molecule has 0 aliphatic rings. The van der Waals surface area contributed by atoms with Crippen molar-refractivity contribution in [2.24, 2.45) is 0 Å². The van der Waals surface area contributed by atoms with Crippen molar-refractivity contribution in [3.05, 3.63) is 23.8 Å². The maximum Gasteiger partial charge on any atom is 0.338 e. The molecule has 0 amide bonds. The molecule has 0 saturated carbocycles. The zero-order valence-electron chi connectivity index (χ0n) is 12.3. The van der Waals surface area contributed by atoms with Crippen molar-refractivity contribution in [2.75, 3.05) is 37.9 Å². The maximum absolute atomic E-state index is 11.6. The second kappa shape index (κ2) is 9.20. The summed E-state index contributed by atoms with van der Waals surface area (Å²) in [6, 6.07) is 5.18. The first-order valence-electron chi connectivity index (χ1n) is 6.98. The van der Waals surface area contributed by atoms with Crippen LogP contribution in [-0.2, 0) is 9.47 Å². The number of unbranched alkanes of at least 4 members (excludes halogenated alkanes) is 2. The molecule has 20 heavy (non-hydrogen) atoms. The lowest BCUT2D eigenvalue weighted by atomic mass is 10.1. The van der Waals surface area contributed by atoms with Gasteiger partial charge < -0.3 is 20.5 Å². The Bertz CT molecular complexity index is 422. The van der Waals surface area contributed by atoms with Crippen LogP contribution in [0.1, 0.15) is 36.5 Å². The lowest BCUT2D eigenvalue weighted by Crippen LogP contribution is -2.08. The third-order valence-electron chi connectivity index (χ3n) is 2.90. The average molecular weight is 280 g/mol. The number of nitrogen functional groups attached to an aromatic ring is 1. The van der Waals surface area contributed by atoms with E-state index in [1.165, 1.54) is 0 Å². The van der Waals surface area contributed by atoms with Gasteiger partial charge in [-0.15, -0.1) is 0 Å². The number of methoxy groups -OCH3 is 1. The summed E-state index contributed by atoms with van der Waals surface area (Å²) in [7, 11) is 1.71. The molecule has 0 aromatic heterocycles. The summed E-state index contributed by atoms with van der Waals surface area (Å²) in [6.07, 6.45) is 3.24. The number of rotatable bonds is 9. The molecule has 112 valence electrons. The highest BCUT2D eigenvalue weighted by Gasteiger charge is 2.08. The first kappa shape index (κ1) is 16.3. The van der Waals surface area contributed by atoms with Crippen molar-refractivity contribution >= 4 is 17.3 Å². The number of carbonyl (C=O) groups is 1. The van der Waals surface area contributed by atoms with Gasteiger partial charge in [-0.3, -0.25) is 0 Å². The molecular weight excluding hydrogens is 256 g/mol. The van der Waals surface area contributed by atoms with E-state index < -0.39 is 0 Å². The third kappa shape index (κ3) is 5.48. The van der Waals surface area contributed by atoms with E-state index in [9.17, 15) is 4.79 Å². The van der Waals surface area contributed by atoms with Crippen LogP contribution in [0.15, 0.2) is 18.2 Å². The highest BCUT2D eigenvalue weighted by atomic mass is 16.5. The number of anilines is 2. The number of esters is 1. The van der Waals surface area contributed by atoms with Crippen LogP contribution in [0.5, 0.6) is 0 Å². The van der Waals surface area contributed by atoms with E-state index in [1.807, 2.05) is 6.07 Å².